The second-order valence-electron chi connectivity index (χ2n) is 7.30. The van der Waals surface area contributed by atoms with Gasteiger partial charge in [0.05, 0.1) is 11.5 Å². The van der Waals surface area contributed by atoms with Gasteiger partial charge in [-0.2, -0.15) is 0 Å². The number of benzene rings is 2. The minimum atomic E-state index is -0.0456. The molecule has 0 aliphatic carbocycles. The fraction of sp³-hybridized carbons (Fsp3) is 0.348. The second-order valence-corrected chi connectivity index (χ2v) is 10.1. The van der Waals surface area contributed by atoms with Gasteiger partial charge in [-0.05, 0) is 56.5 Å². The number of carbonyl (C=O) groups excluding carboxylic acids is 1. The van der Waals surface area contributed by atoms with Crippen molar-refractivity contribution in [2.45, 2.75) is 50.9 Å². The van der Waals surface area contributed by atoms with Crippen molar-refractivity contribution in [2.75, 3.05) is 11.1 Å². The topological polar surface area (TPSA) is 59.8 Å². The highest BCUT2D eigenvalue weighted by Crippen LogP contribution is 2.26. The minimum absolute atomic E-state index is 0.0456. The van der Waals surface area contributed by atoms with E-state index in [9.17, 15) is 4.79 Å². The summed E-state index contributed by atoms with van der Waals surface area (Å²) >= 11 is 6.77. The Bertz CT molecular complexity index is 1050. The molecule has 0 aliphatic rings. The van der Waals surface area contributed by atoms with Crippen LogP contribution in [0.2, 0.25) is 0 Å². The van der Waals surface area contributed by atoms with E-state index in [2.05, 4.69) is 74.1 Å². The first-order valence-corrected chi connectivity index (χ1v) is 13.1. The second kappa shape index (κ2) is 11.2. The van der Waals surface area contributed by atoms with Gasteiger partial charge in [0.2, 0.25) is 5.91 Å². The Balaban J connectivity index is 1.54. The first-order valence-electron chi connectivity index (χ1n) is 10.1. The van der Waals surface area contributed by atoms with Gasteiger partial charge in [-0.3, -0.25) is 4.79 Å². The molecule has 0 unspecified atom stereocenters. The van der Waals surface area contributed by atoms with Gasteiger partial charge < -0.3 is 9.88 Å². The molecule has 31 heavy (non-hydrogen) atoms. The van der Waals surface area contributed by atoms with Crippen LogP contribution in [-0.4, -0.2) is 26.4 Å². The van der Waals surface area contributed by atoms with Crippen LogP contribution in [0.3, 0.4) is 0 Å². The Labute approximate surface area is 200 Å². The van der Waals surface area contributed by atoms with Crippen molar-refractivity contribution in [3.05, 3.63) is 68.9 Å². The van der Waals surface area contributed by atoms with Gasteiger partial charge in [0.15, 0.2) is 5.16 Å². The van der Waals surface area contributed by atoms with Gasteiger partial charge in [-0.1, -0.05) is 57.5 Å². The van der Waals surface area contributed by atoms with E-state index in [1.54, 1.807) is 0 Å². The van der Waals surface area contributed by atoms with Crippen molar-refractivity contribution in [1.29, 1.82) is 0 Å². The van der Waals surface area contributed by atoms with Crippen molar-refractivity contribution in [3.8, 4) is 0 Å². The standard InChI is InChI=1S/C23H27BrN4OS2/c1-5-28-21(13-30-12-18-8-6-15(2)7-9-18)26-27-23(28)31-14-22(29)25-20-11-10-19(24)16(3)17(20)4/h6-11H,5,12-14H2,1-4H3,(H,25,29). The van der Waals surface area contributed by atoms with Crippen LogP contribution >= 0.6 is 39.5 Å². The number of aromatic nitrogens is 3. The maximum Gasteiger partial charge on any atom is 0.234 e. The first kappa shape index (κ1) is 23.9. The van der Waals surface area contributed by atoms with Crippen LogP contribution in [0.15, 0.2) is 46.0 Å². The largest absolute Gasteiger partial charge is 0.325 e. The molecule has 1 N–H and O–H groups in total. The number of hydrogen-bond donors (Lipinski definition) is 1. The molecular formula is C23H27BrN4OS2. The summed E-state index contributed by atoms with van der Waals surface area (Å²) in [5.41, 5.74) is 5.62. The molecule has 0 spiro atoms. The summed E-state index contributed by atoms with van der Waals surface area (Å²) in [6, 6.07) is 12.5. The van der Waals surface area contributed by atoms with E-state index in [-0.39, 0.29) is 5.91 Å². The number of amides is 1. The van der Waals surface area contributed by atoms with Crippen molar-refractivity contribution >= 4 is 51.0 Å². The van der Waals surface area contributed by atoms with Crippen LogP contribution < -0.4 is 5.32 Å². The molecule has 0 fully saturated rings. The SMILES string of the molecule is CCn1c(CSCc2ccc(C)cc2)nnc1SCC(=O)Nc1ccc(Br)c(C)c1C. The predicted octanol–water partition coefficient (Wildman–Crippen LogP) is 6.15. The zero-order valence-electron chi connectivity index (χ0n) is 18.2. The average Bonchev–Trinajstić information content (AvgIpc) is 3.16. The van der Waals surface area contributed by atoms with E-state index in [0.29, 0.717) is 5.75 Å². The molecule has 0 radical (unpaired) electrons. The molecule has 0 aliphatic heterocycles. The third-order valence-corrected chi connectivity index (χ3v) is 7.88. The number of anilines is 1. The number of rotatable bonds is 9. The lowest BCUT2D eigenvalue weighted by Gasteiger charge is -2.12. The Morgan fingerprint density at radius 3 is 2.48 bits per heavy atom. The summed E-state index contributed by atoms with van der Waals surface area (Å²) in [6.07, 6.45) is 0. The molecule has 0 saturated carbocycles. The summed E-state index contributed by atoms with van der Waals surface area (Å²) in [7, 11) is 0. The number of nitrogens with one attached hydrogen (secondary N) is 1. The van der Waals surface area contributed by atoms with Crippen molar-refractivity contribution in [1.82, 2.24) is 14.8 Å². The molecule has 2 aromatic carbocycles. The van der Waals surface area contributed by atoms with Crippen molar-refractivity contribution < 1.29 is 4.79 Å². The molecule has 8 heteroatoms. The maximum absolute atomic E-state index is 12.5. The lowest BCUT2D eigenvalue weighted by molar-refractivity contribution is -0.113. The van der Waals surface area contributed by atoms with Gasteiger partial charge in [0.25, 0.3) is 0 Å². The van der Waals surface area contributed by atoms with Crippen LogP contribution in [0.5, 0.6) is 0 Å². The summed E-state index contributed by atoms with van der Waals surface area (Å²) in [6.45, 7) is 9.00. The number of carbonyl (C=O) groups is 1. The summed E-state index contributed by atoms with van der Waals surface area (Å²) in [5, 5.41) is 12.5. The van der Waals surface area contributed by atoms with E-state index in [4.69, 9.17) is 0 Å². The molecular weight excluding hydrogens is 492 g/mol. The molecule has 0 atom stereocenters. The maximum atomic E-state index is 12.5. The minimum Gasteiger partial charge on any atom is -0.325 e. The van der Waals surface area contributed by atoms with E-state index in [1.807, 2.05) is 37.7 Å². The summed E-state index contributed by atoms with van der Waals surface area (Å²) < 4.78 is 3.14. The molecule has 164 valence electrons. The zero-order chi connectivity index (χ0) is 22.4. The quantitative estimate of drug-likeness (QED) is 0.344. The molecule has 3 aromatic rings. The Hall–Kier alpha value is -1.77. The molecule has 0 bridgehead atoms. The van der Waals surface area contributed by atoms with E-state index >= 15 is 0 Å². The number of aryl methyl sites for hydroxylation is 1. The molecule has 3 rings (SSSR count). The zero-order valence-corrected chi connectivity index (χ0v) is 21.5. The third-order valence-electron chi connectivity index (χ3n) is 5.06. The van der Waals surface area contributed by atoms with Gasteiger partial charge in [-0.25, -0.2) is 0 Å². The van der Waals surface area contributed by atoms with Gasteiger partial charge in [0.1, 0.15) is 5.82 Å². The molecule has 1 amide bonds. The highest BCUT2D eigenvalue weighted by atomic mass is 79.9. The average molecular weight is 520 g/mol. The summed E-state index contributed by atoms with van der Waals surface area (Å²) in [4.78, 5) is 12.5. The third kappa shape index (κ3) is 6.37. The number of thioether (sulfide) groups is 2. The lowest BCUT2D eigenvalue weighted by Crippen LogP contribution is -2.16. The molecule has 1 heterocycles. The van der Waals surface area contributed by atoms with Crippen molar-refractivity contribution in [3.63, 3.8) is 0 Å². The van der Waals surface area contributed by atoms with Gasteiger partial charge >= 0.3 is 0 Å². The van der Waals surface area contributed by atoms with E-state index in [0.717, 1.165) is 50.3 Å². The van der Waals surface area contributed by atoms with Gasteiger partial charge in [0, 0.05) is 22.5 Å². The molecule has 1 aromatic heterocycles. The lowest BCUT2D eigenvalue weighted by atomic mass is 10.1. The predicted molar refractivity (Wildman–Crippen MR) is 135 cm³/mol. The normalized spacial score (nSPS) is 11.0. The van der Waals surface area contributed by atoms with E-state index in [1.165, 1.54) is 22.9 Å². The Morgan fingerprint density at radius 2 is 1.77 bits per heavy atom. The van der Waals surface area contributed by atoms with Gasteiger partial charge in [-0.15, -0.1) is 22.0 Å². The monoisotopic (exact) mass is 518 g/mol. The number of nitrogens with zero attached hydrogens (tertiary/aromatic N) is 3. The Kier molecular flexibility index (Phi) is 8.63. The van der Waals surface area contributed by atoms with Crippen LogP contribution in [0, 0.1) is 20.8 Å². The first-order chi connectivity index (χ1) is 14.9. The Morgan fingerprint density at radius 1 is 1.03 bits per heavy atom. The highest BCUT2D eigenvalue weighted by molar-refractivity contribution is 9.10. The smallest absolute Gasteiger partial charge is 0.234 e. The fourth-order valence-corrected chi connectivity index (χ4v) is 5.21. The fourth-order valence-electron chi connectivity index (χ4n) is 3.03. The van der Waals surface area contributed by atoms with Crippen LogP contribution in [0.1, 0.15) is 35.0 Å². The van der Waals surface area contributed by atoms with Crippen LogP contribution in [0.4, 0.5) is 5.69 Å². The van der Waals surface area contributed by atoms with Crippen LogP contribution in [-0.2, 0) is 22.8 Å². The molecule has 0 saturated heterocycles. The van der Waals surface area contributed by atoms with Crippen molar-refractivity contribution in [2.24, 2.45) is 0 Å². The molecule has 5 nitrogen and oxygen atoms in total. The summed E-state index contributed by atoms with van der Waals surface area (Å²) in [5.74, 6) is 2.92. The highest BCUT2D eigenvalue weighted by Gasteiger charge is 2.14. The number of hydrogen-bond acceptors (Lipinski definition) is 5. The van der Waals surface area contributed by atoms with Crippen LogP contribution in [0.25, 0.3) is 0 Å². The number of halogens is 1. The van der Waals surface area contributed by atoms with E-state index < -0.39 is 0 Å².